The van der Waals surface area contributed by atoms with Crippen LogP contribution >= 0.6 is 0 Å². The van der Waals surface area contributed by atoms with E-state index in [1.165, 1.54) is 4.68 Å². The highest BCUT2D eigenvalue weighted by Crippen LogP contribution is 2.07. The molecule has 0 aliphatic rings. The number of nitrogens with one attached hydrogen (secondary N) is 2. The van der Waals surface area contributed by atoms with E-state index in [2.05, 4.69) is 15.7 Å². The van der Waals surface area contributed by atoms with E-state index in [0.717, 1.165) is 13.0 Å². The predicted molar refractivity (Wildman–Crippen MR) is 58.5 cm³/mol. The minimum atomic E-state index is -0.218. The Hall–Kier alpha value is -1.56. The van der Waals surface area contributed by atoms with Gasteiger partial charge in [0.25, 0.3) is 5.91 Å². The van der Waals surface area contributed by atoms with E-state index in [4.69, 9.17) is 5.73 Å². The van der Waals surface area contributed by atoms with Gasteiger partial charge >= 0.3 is 0 Å². The fourth-order valence-electron chi connectivity index (χ4n) is 1.23. The second-order valence-electron chi connectivity index (χ2n) is 3.32. The van der Waals surface area contributed by atoms with Gasteiger partial charge in [-0.25, -0.2) is 0 Å². The van der Waals surface area contributed by atoms with E-state index >= 15 is 0 Å². The summed E-state index contributed by atoms with van der Waals surface area (Å²) in [6.07, 6.45) is 2.50. The molecule has 4 N–H and O–H groups in total. The van der Waals surface area contributed by atoms with Gasteiger partial charge in [-0.05, 0) is 20.0 Å². The quantitative estimate of drug-likeness (QED) is 0.565. The molecule has 1 amide bonds. The minimum Gasteiger partial charge on any atom is -0.396 e. The van der Waals surface area contributed by atoms with Crippen molar-refractivity contribution in [3.05, 3.63) is 11.9 Å². The predicted octanol–water partition coefficient (Wildman–Crippen LogP) is -0.658. The van der Waals surface area contributed by atoms with Gasteiger partial charge in [-0.15, -0.1) is 0 Å². The zero-order valence-corrected chi connectivity index (χ0v) is 9.08. The normalized spacial score (nSPS) is 10.3. The van der Waals surface area contributed by atoms with Crippen molar-refractivity contribution in [3.8, 4) is 0 Å². The number of carbonyl (C=O) groups is 1. The molecular weight excluding hydrogens is 194 g/mol. The van der Waals surface area contributed by atoms with Crippen molar-refractivity contribution in [1.82, 2.24) is 20.4 Å². The number of rotatable bonds is 5. The van der Waals surface area contributed by atoms with Crippen LogP contribution in [0.1, 0.15) is 16.9 Å². The summed E-state index contributed by atoms with van der Waals surface area (Å²) in [5, 5.41) is 9.73. The number of nitrogen functional groups attached to an aromatic ring is 1. The number of carbonyl (C=O) groups excluding carboxylic acids is 1. The standard InChI is InChI=1S/C9H17N5O/c1-11-4-3-5-12-9(15)8-7(10)6-14(2)13-8/h6,11H,3-5,10H2,1-2H3,(H,12,15). The van der Waals surface area contributed by atoms with Crippen LogP contribution in [0.15, 0.2) is 6.20 Å². The van der Waals surface area contributed by atoms with Crippen molar-refractivity contribution in [2.24, 2.45) is 7.05 Å². The molecule has 0 atom stereocenters. The van der Waals surface area contributed by atoms with Crippen molar-refractivity contribution < 1.29 is 4.79 Å². The van der Waals surface area contributed by atoms with Gasteiger partial charge < -0.3 is 16.4 Å². The monoisotopic (exact) mass is 211 g/mol. The Labute approximate surface area is 88.8 Å². The molecule has 1 rings (SSSR count). The summed E-state index contributed by atoms with van der Waals surface area (Å²) < 4.78 is 1.53. The molecule has 0 bridgehead atoms. The van der Waals surface area contributed by atoms with Crippen LogP contribution in [0.2, 0.25) is 0 Å². The van der Waals surface area contributed by atoms with E-state index in [1.54, 1.807) is 13.2 Å². The molecule has 0 aliphatic carbocycles. The summed E-state index contributed by atoms with van der Waals surface area (Å²) >= 11 is 0. The van der Waals surface area contributed by atoms with Gasteiger partial charge in [0.15, 0.2) is 5.69 Å². The van der Waals surface area contributed by atoms with Gasteiger partial charge in [0, 0.05) is 19.8 Å². The van der Waals surface area contributed by atoms with Crippen LogP contribution < -0.4 is 16.4 Å². The SMILES string of the molecule is CNCCCNC(=O)c1nn(C)cc1N. The van der Waals surface area contributed by atoms with E-state index in [-0.39, 0.29) is 5.91 Å². The Bertz CT molecular complexity index is 333. The summed E-state index contributed by atoms with van der Waals surface area (Å²) in [5.74, 6) is -0.218. The zero-order valence-electron chi connectivity index (χ0n) is 9.08. The molecular formula is C9H17N5O. The third-order valence-corrected chi connectivity index (χ3v) is 1.96. The summed E-state index contributed by atoms with van der Waals surface area (Å²) in [4.78, 5) is 11.6. The Morgan fingerprint density at radius 3 is 2.87 bits per heavy atom. The van der Waals surface area contributed by atoms with Crippen LogP contribution in [-0.2, 0) is 7.05 Å². The van der Waals surface area contributed by atoms with E-state index in [0.29, 0.717) is 17.9 Å². The smallest absolute Gasteiger partial charge is 0.273 e. The molecule has 1 aromatic rings. The van der Waals surface area contributed by atoms with Crippen LogP contribution in [0.5, 0.6) is 0 Å². The van der Waals surface area contributed by atoms with E-state index in [9.17, 15) is 4.79 Å². The van der Waals surface area contributed by atoms with Gasteiger partial charge in [-0.2, -0.15) is 5.10 Å². The molecule has 1 heterocycles. The number of aryl methyl sites for hydroxylation is 1. The molecule has 0 saturated carbocycles. The second kappa shape index (κ2) is 5.35. The Kier molecular flexibility index (Phi) is 4.11. The molecule has 84 valence electrons. The largest absolute Gasteiger partial charge is 0.396 e. The zero-order chi connectivity index (χ0) is 11.3. The van der Waals surface area contributed by atoms with Crippen LogP contribution in [-0.4, -0.2) is 35.8 Å². The summed E-state index contributed by atoms with van der Waals surface area (Å²) in [6.45, 7) is 1.49. The fourth-order valence-corrected chi connectivity index (χ4v) is 1.23. The van der Waals surface area contributed by atoms with E-state index < -0.39 is 0 Å². The maximum Gasteiger partial charge on any atom is 0.273 e. The van der Waals surface area contributed by atoms with Crippen molar-refractivity contribution >= 4 is 11.6 Å². The topological polar surface area (TPSA) is 85.0 Å². The molecule has 0 aliphatic heterocycles. The first-order chi connectivity index (χ1) is 7.15. The highest BCUT2D eigenvalue weighted by atomic mass is 16.1. The molecule has 0 fully saturated rings. The highest BCUT2D eigenvalue weighted by Gasteiger charge is 2.12. The van der Waals surface area contributed by atoms with Crippen LogP contribution in [0.4, 0.5) is 5.69 Å². The van der Waals surface area contributed by atoms with Crippen LogP contribution in [0.3, 0.4) is 0 Å². The first-order valence-electron chi connectivity index (χ1n) is 4.87. The molecule has 15 heavy (non-hydrogen) atoms. The lowest BCUT2D eigenvalue weighted by molar-refractivity contribution is 0.0948. The molecule has 0 saturated heterocycles. The Morgan fingerprint density at radius 1 is 1.60 bits per heavy atom. The van der Waals surface area contributed by atoms with Crippen molar-refractivity contribution in [3.63, 3.8) is 0 Å². The number of hydrogen-bond acceptors (Lipinski definition) is 4. The van der Waals surface area contributed by atoms with Gasteiger partial charge in [0.2, 0.25) is 0 Å². The number of anilines is 1. The van der Waals surface area contributed by atoms with Gasteiger partial charge in [-0.1, -0.05) is 0 Å². The molecule has 0 spiro atoms. The summed E-state index contributed by atoms with van der Waals surface area (Å²) in [5.41, 5.74) is 6.32. The van der Waals surface area contributed by atoms with E-state index in [1.807, 2.05) is 7.05 Å². The van der Waals surface area contributed by atoms with Gasteiger partial charge in [-0.3, -0.25) is 9.48 Å². The van der Waals surface area contributed by atoms with Crippen LogP contribution in [0, 0.1) is 0 Å². The first kappa shape index (κ1) is 11.5. The molecule has 0 aromatic carbocycles. The molecule has 6 heteroatoms. The minimum absolute atomic E-state index is 0.218. The number of amides is 1. The maximum absolute atomic E-state index is 11.6. The van der Waals surface area contributed by atoms with Crippen molar-refractivity contribution in [2.45, 2.75) is 6.42 Å². The number of hydrogen-bond donors (Lipinski definition) is 3. The number of nitrogens with zero attached hydrogens (tertiary/aromatic N) is 2. The third-order valence-electron chi connectivity index (χ3n) is 1.96. The van der Waals surface area contributed by atoms with Crippen molar-refractivity contribution in [2.75, 3.05) is 25.9 Å². The number of aromatic nitrogens is 2. The summed E-state index contributed by atoms with van der Waals surface area (Å²) in [6, 6.07) is 0. The van der Waals surface area contributed by atoms with Crippen LogP contribution in [0.25, 0.3) is 0 Å². The van der Waals surface area contributed by atoms with Gasteiger partial charge in [0.05, 0.1) is 5.69 Å². The molecule has 0 radical (unpaired) electrons. The average molecular weight is 211 g/mol. The lowest BCUT2D eigenvalue weighted by Gasteiger charge is -2.02. The maximum atomic E-state index is 11.6. The number of nitrogens with two attached hydrogens (primary N) is 1. The Morgan fingerprint density at radius 2 is 2.33 bits per heavy atom. The second-order valence-corrected chi connectivity index (χ2v) is 3.32. The lowest BCUT2D eigenvalue weighted by atomic mass is 10.3. The Balaban J connectivity index is 2.43. The van der Waals surface area contributed by atoms with Crippen molar-refractivity contribution in [1.29, 1.82) is 0 Å². The molecule has 1 aromatic heterocycles. The average Bonchev–Trinajstić information content (AvgIpc) is 2.52. The fraction of sp³-hybridized carbons (Fsp3) is 0.556. The molecule has 6 nitrogen and oxygen atoms in total. The summed E-state index contributed by atoms with van der Waals surface area (Å²) in [7, 11) is 3.60. The molecule has 0 unspecified atom stereocenters. The van der Waals surface area contributed by atoms with Gasteiger partial charge in [0.1, 0.15) is 0 Å². The third kappa shape index (κ3) is 3.25. The highest BCUT2D eigenvalue weighted by molar-refractivity contribution is 5.96. The first-order valence-corrected chi connectivity index (χ1v) is 4.87. The lowest BCUT2D eigenvalue weighted by Crippen LogP contribution is -2.27.